The van der Waals surface area contributed by atoms with Crippen molar-refractivity contribution in [1.29, 1.82) is 0 Å². The van der Waals surface area contributed by atoms with Gasteiger partial charge in [0.05, 0.1) is 12.7 Å². The zero-order valence-electron chi connectivity index (χ0n) is 12.5. The van der Waals surface area contributed by atoms with Gasteiger partial charge in [-0.05, 0) is 37.3 Å². The van der Waals surface area contributed by atoms with E-state index in [1.807, 2.05) is 31.2 Å². The molecule has 0 saturated carbocycles. The molecule has 2 aromatic carbocycles. The molecule has 0 unspecified atom stereocenters. The van der Waals surface area contributed by atoms with Crippen molar-refractivity contribution in [2.75, 3.05) is 19.0 Å². The highest BCUT2D eigenvalue weighted by Crippen LogP contribution is 2.22. The van der Waals surface area contributed by atoms with Crippen LogP contribution in [0, 0.1) is 6.92 Å². The Bertz CT molecular complexity index is 665. The summed E-state index contributed by atoms with van der Waals surface area (Å²) in [7, 11) is 1.51. The van der Waals surface area contributed by atoms with Gasteiger partial charge in [-0.1, -0.05) is 17.7 Å². The SMILES string of the molecule is COc1ccc(OCC(=O)Nc2ccc(C)cc2)c(C=O)c1. The molecule has 0 heterocycles. The fourth-order valence-electron chi connectivity index (χ4n) is 1.85. The summed E-state index contributed by atoms with van der Waals surface area (Å²) in [6.07, 6.45) is 0.662. The molecule has 1 amide bonds. The van der Waals surface area contributed by atoms with Gasteiger partial charge in [0, 0.05) is 5.69 Å². The molecule has 0 atom stereocenters. The number of anilines is 1. The second kappa shape index (κ2) is 7.26. The number of aldehydes is 1. The minimum absolute atomic E-state index is 0.180. The third-order valence-corrected chi connectivity index (χ3v) is 3.04. The van der Waals surface area contributed by atoms with E-state index in [0.29, 0.717) is 29.0 Å². The standard InChI is InChI=1S/C17H17NO4/c1-12-3-5-14(6-4-12)18-17(20)11-22-16-8-7-15(21-2)9-13(16)10-19/h3-10H,11H2,1-2H3,(H,18,20). The maximum atomic E-state index is 11.8. The van der Waals surface area contributed by atoms with Crippen LogP contribution in [0.2, 0.25) is 0 Å². The van der Waals surface area contributed by atoms with E-state index in [1.165, 1.54) is 7.11 Å². The minimum Gasteiger partial charge on any atom is -0.497 e. The van der Waals surface area contributed by atoms with E-state index in [2.05, 4.69) is 5.32 Å². The highest BCUT2D eigenvalue weighted by molar-refractivity contribution is 5.92. The van der Waals surface area contributed by atoms with Gasteiger partial charge in [-0.15, -0.1) is 0 Å². The van der Waals surface area contributed by atoms with Gasteiger partial charge in [0.25, 0.3) is 5.91 Å². The normalized spacial score (nSPS) is 9.91. The Balaban J connectivity index is 1.96. The first kappa shape index (κ1) is 15.6. The molecule has 0 aliphatic rings. The van der Waals surface area contributed by atoms with Crippen molar-refractivity contribution in [3.8, 4) is 11.5 Å². The van der Waals surface area contributed by atoms with Gasteiger partial charge in [-0.3, -0.25) is 9.59 Å². The van der Waals surface area contributed by atoms with Crippen LogP contribution in [0.5, 0.6) is 11.5 Å². The zero-order valence-corrected chi connectivity index (χ0v) is 12.5. The average Bonchev–Trinajstić information content (AvgIpc) is 2.55. The summed E-state index contributed by atoms with van der Waals surface area (Å²) in [5.41, 5.74) is 2.15. The van der Waals surface area contributed by atoms with Gasteiger partial charge in [0.1, 0.15) is 11.5 Å². The molecule has 0 aliphatic heterocycles. The number of aryl methyl sites for hydroxylation is 1. The first-order valence-electron chi connectivity index (χ1n) is 6.75. The summed E-state index contributed by atoms with van der Waals surface area (Å²) in [5.74, 6) is 0.602. The van der Waals surface area contributed by atoms with Crippen LogP contribution in [0.1, 0.15) is 15.9 Å². The van der Waals surface area contributed by atoms with Crippen molar-refractivity contribution in [3.63, 3.8) is 0 Å². The van der Waals surface area contributed by atoms with Crippen molar-refractivity contribution in [2.24, 2.45) is 0 Å². The number of rotatable bonds is 6. The molecule has 2 aromatic rings. The third-order valence-electron chi connectivity index (χ3n) is 3.04. The van der Waals surface area contributed by atoms with E-state index in [9.17, 15) is 9.59 Å². The average molecular weight is 299 g/mol. The minimum atomic E-state index is -0.295. The summed E-state index contributed by atoms with van der Waals surface area (Å²) in [6.45, 7) is 1.79. The lowest BCUT2D eigenvalue weighted by atomic mass is 10.2. The van der Waals surface area contributed by atoms with Gasteiger partial charge in [0.2, 0.25) is 0 Å². The molecule has 2 rings (SSSR count). The zero-order chi connectivity index (χ0) is 15.9. The Labute approximate surface area is 128 Å². The summed E-state index contributed by atoms with van der Waals surface area (Å²) < 4.78 is 10.4. The molecule has 0 aliphatic carbocycles. The number of benzene rings is 2. The number of amides is 1. The monoisotopic (exact) mass is 299 g/mol. The molecule has 1 N–H and O–H groups in total. The molecule has 0 spiro atoms. The predicted molar refractivity (Wildman–Crippen MR) is 83.7 cm³/mol. The van der Waals surface area contributed by atoms with E-state index in [4.69, 9.17) is 9.47 Å². The second-order valence-electron chi connectivity index (χ2n) is 4.72. The van der Waals surface area contributed by atoms with Crippen LogP contribution >= 0.6 is 0 Å². The fraction of sp³-hybridized carbons (Fsp3) is 0.176. The fourth-order valence-corrected chi connectivity index (χ4v) is 1.85. The van der Waals surface area contributed by atoms with E-state index in [-0.39, 0.29) is 12.5 Å². The second-order valence-corrected chi connectivity index (χ2v) is 4.72. The van der Waals surface area contributed by atoms with Gasteiger partial charge in [-0.25, -0.2) is 0 Å². The van der Waals surface area contributed by atoms with Crippen molar-refractivity contribution in [1.82, 2.24) is 0 Å². The lowest BCUT2D eigenvalue weighted by molar-refractivity contribution is -0.118. The van der Waals surface area contributed by atoms with Gasteiger partial charge in [-0.2, -0.15) is 0 Å². The van der Waals surface area contributed by atoms with E-state index in [0.717, 1.165) is 5.56 Å². The van der Waals surface area contributed by atoms with Crippen LogP contribution in [0.3, 0.4) is 0 Å². The molecule has 0 bridgehead atoms. The van der Waals surface area contributed by atoms with Crippen molar-refractivity contribution in [2.45, 2.75) is 6.92 Å². The summed E-state index contributed by atoms with van der Waals surface area (Å²) in [5, 5.41) is 2.72. The number of hydrogen-bond acceptors (Lipinski definition) is 4. The Hall–Kier alpha value is -2.82. The molecule has 0 saturated heterocycles. The van der Waals surface area contributed by atoms with Crippen LogP contribution in [0.4, 0.5) is 5.69 Å². The number of carbonyl (C=O) groups is 2. The molecule has 5 heteroatoms. The van der Waals surface area contributed by atoms with Crippen LogP contribution in [-0.4, -0.2) is 25.9 Å². The van der Waals surface area contributed by atoms with Crippen LogP contribution in [-0.2, 0) is 4.79 Å². The lowest BCUT2D eigenvalue weighted by Gasteiger charge is -2.10. The van der Waals surface area contributed by atoms with Crippen molar-refractivity contribution in [3.05, 3.63) is 53.6 Å². The maximum Gasteiger partial charge on any atom is 0.262 e. The summed E-state index contributed by atoms with van der Waals surface area (Å²) >= 11 is 0. The molecule has 22 heavy (non-hydrogen) atoms. The number of ether oxygens (including phenoxy) is 2. The van der Waals surface area contributed by atoms with E-state index in [1.54, 1.807) is 18.2 Å². The van der Waals surface area contributed by atoms with Crippen LogP contribution < -0.4 is 14.8 Å². The molecular formula is C17H17NO4. The molecular weight excluding hydrogens is 282 g/mol. The smallest absolute Gasteiger partial charge is 0.262 e. The number of hydrogen-bond donors (Lipinski definition) is 1. The van der Waals surface area contributed by atoms with Crippen LogP contribution in [0.25, 0.3) is 0 Å². The maximum absolute atomic E-state index is 11.8. The van der Waals surface area contributed by atoms with Crippen molar-refractivity contribution < 1.29 is 19.1 Å². The Morgan fingerprint density at radius 2 is 1.91 bits per heavy atom. The highest BCUT2D eigenvalue weighted by atomic mass is 16.5. The quantitative estimate of drug-likeness (QED) is 0.833. The largest absolute Gasteiger partial charge is 0.497 e. The Kier molecular flexibility index (Phi) is 5.14. The lowest BCUT2D eigenvalue weighted by Crippen LogP contribution is -2.20. The molecule has 114 valence electrons. The first-order chi connectivity index (χ1) is 10.6. The highest BCUT2D eigenvalue weighted by Gasteiger charge is 2.08. The molecule has 0 fully saturated rings. The van der Waals surface area contributed by atoms with E-state index >= 15 is 0 Å². The molecule has 5 nitrogen and oxygen atoms in total. The number of nitrogens with one attached hydrogen (secondary N) is 1. The summed E-state index contributed by atoms with van der Waals surface area (Å²) in [6, 6.07) is 12.3. The number of carbonyl (C=O) groups excluding carboxylic acids is 2. The molecule has 0 radical (unpaired) electrons. The van der Waals surface area contributed by atoms with Gasteiger partial charge >= 0.3 is 0 Å². The third kappa shape index (κ3) is 4.09. The van der Waals surface area contributed by atoms with Crippen LogP contribution in [0.15, 0.2) is 42.5 Å². The summed E-state index contributed by atoms with van der Waals surface area (Å²) in [4.78, 5) is 22.9. The van der Waals surface area contributed by atoms with Gasteiger partial charge < -0.3 is 14.8 Å². The predicted octanol–water partition coefficient (Wildman–Crippen LogP) is 2.83. The topological polar surface area (TPSA) is 64.6 Å². The van der Waals surface area contributed by atoms with Gasteiger partial charge in [0.15, 0.2) is 12.9 Å². The Morgan fingerprint density at radius 3 is 2.55 bits per heavy atom. The van der Waals surface area contributed by atoms with Crippen molar-refractivity contribution >= 4 is 17.9 Å². The first-order valence-corrected chi connectivity index (χ1v) is 6.75. The number of methoxy groups -OCH3 is 1. The van der Waals surface area contributed by atoms with E-state index < -0.39 is 0 Å². The Morgan fingerprint density at radius 1 is 1.18 bits per heavy atom. The molecule has 0 aromatic heterocycles.